The summed E-state index contributed by atoms with van der Waals surface area (Å²) >= 11 is 8.08. The molecule has 0 fully saturated rings. The van der Waals surface area contributed by atoms with Gasteiger partial charge in [0.05, 0.1) is 5.69 Å². The second-order valence-corrected chi connectivity index (χ2v) is 4.97. The Balaban J connectivity index is 2.18. The van der Waals surface area contributed by atoms with Crippen LogP contribution in [0.3, 0.4) is 0 Å². The molecule has 0 radical (unpaired) electrons. The van der Waals surface area contributed by atoms with Crippen LogP contribution in [0.4, 0.5) is 5.69 Å². The van der Waals surface area contributed by atoms with Crippen molar-refractivity contribution >= 4 is 46.1 Å². The van der Waals surface area contributed by atoms with Gasteiger partial charge in [-0.1, -0.05) is 23.7 Å². The van der Waals surface area contributed by atoms with E-state index in [2.05, 4.69) is 39.7 Å². The van der Waals surface area contributed by atoms with E-state index < -0.39 is 0 Å². The first-order valence-corrected chi connectivity index (χ1v) is 6.25. The lowest BCUT2D eigenvalue weighted by molar-refractivity contribution is 1.52. The van der Waals surface area contributed by atoms with Gasteiger partial charge in [-0.25, -0.2) is 0 Å². The Hall–Kier alpha value is -0.870. The first-order chi connectivity index (χ1) is 7.74. The highest BCUT2D eigenvalue weighted by molar-refractivity contribution is 14.1. The molecule has 3 heteroatoms. The number of aliphatic imine (C=N–C) groups is 1. The van der Waals surface area contributed by atoms with Crippen LogP contribution in [-0.4, -0.2) is 6.21 Å². The maximum atomic E-state index is 5.80. The molecule has 0 atom stereocenters. The van der Waals surface area contributed by atoms with E-state index in [4.69, 9.17) is 11.6 Å². The summed E-state index contributed by atoms with van der Waals surface area (Å²) in [7, 11) is 0. The van der Waals surface area contributed by atoms with E-state index in [9.17, 15) is 0 Å². The number of nitrogens with zero attached hydrogens (tertiary/aromatic N) is 1. The molecule has 0 aliphatic carbocycles. The fourth-order valence-electron chi connectivity index (χ4n) is 1.26. The fourth-order valence-corrected chi connectivity index (χ4v) is 1.96. The second kappa shape index (κ2) is 5.46. The minimum Gasteiger partial charge on any atom is -0.256 e. The van der Waals surface area contributed by atoms with E-state index in [-0.39, 0.29) is 0 Å². The lowest BCUT2D eigenvalue weighted by atomic mass is 10.2. The van der Waals surface area contributed by atoms with Crippen molar-refractivity contribution in [3.63, 3.8) is 0 Å². The first kappa shape index (κ1) is 11.6. The van der Waals surface area contributed by atoms with Gasteiger partial charge in [0.25, 0.3) is 0 Å². The zero-order chi connectivity index (χ0) is 11.4. The van der Waals surface area contributed by atoms with Gasteiger partial charge in [0.2, 0.25) is 0 Å². The van der Waals surface area contributed by atoms with Gasteiger partial charge in [-0.05, 0) is 64.6 Å². The van der Waals surface area contributed by atoms with Crippen molar-refractivity contribution in [1.82, 2.24) is 0 Å². The van der Waals surface area contributed by atoms with Crippen molar-refractivity contribution in [2.45, 2.75) is 0 Å². The van der Waals surface area contributed by atoms with Crippen LogP contribution >= 0.6 is 34.2 Å². The minimum atomic E-state index is 0.730. The van der Waals surface area contributed by atoms with Crippen LogP contribution in [0.25, 0.3) is 0 Å². The van der Waals surface area contributed by atoms with Crippen molar-refractivity contribution in [2.75, 3.05) is 0 Å². The summed E-state index contributed by atoms with van der Waals surface area (Å²) < 4.78 is 1.21. The van der Waals surface area contributed by atoms with E-state index in [1.54, 1.807) is 0 Å². The standard InChI is InChI=1S/C13H9ClIN/c14-11-4-6-13(7-5-11)16-9-10-2-1-3-12(15)8-10/h1-9H/b16-9-. The number of halogens is 2. The van der Waals surface area contributed by atoms with Gasteiger partial charge in [0.15, 0.2) is 0 Å². The Kier molecular flexibility index (Phi) is 3.96. The van der Waals surface area contributed by atoms with Gasteiger partial charge in [0.1, 0.15) is 0 Å². The molecule has 16 heavy (non-hydrogen) atoms. The summed E-state index contributed by atoms with van der Waals surface area (Å²) in [6, 6.07) is 15.7. The third-order valence-corrected chi connectivity index (χ3v) is 2.96. The van der Waals surface area contributed by atoms with Gasteiger partial charge < -0.3 is 0 Å². The molecule has 2 aromatic rings. The van der Waals surface area contributed by atoms with E-state index in [1.807, 2.05) is 42.6 Å². The van der Waals surface area contributed by atoms with Crippen molar-refractivity contribution in [1.29, 1.82) is 0 Å². The molecule has 0 unspecified atom stereocenters. The smallest absolute Gasteiger partial charge is 0.0630 e. The first-order valence-electron chi connectivity index (χ1n) is 4.79. The Morgan fingerprint density at radius 3 is 2.50 bits per heavy atom. The molecule has 2 rings (SSSR count). The van der Waals surface area contributed by atoms with Crippen LogP contribution in [0.15, 0.2) is 53.5 Å². The molecule has 0 aliphatic rings. The molecule has 0 saturated heterocycles. The highest BCUT2D eigenvalue weighted by Gasteiger charge is 1.91. The summed E-state index contributed by atoms with van der Waals surface area (Å²) in [6.07, 6.45) is 1.85. The molecule has 0 bridgehead atoms. The zero-order valence-corrected chi connectivity index (χ0v) is 11.3. The predicted octanol–water partition coefficient (Wildman–Crippen LogP) is 4.70. The van der Waals surface area contributed by atoms with E-state index in [0.29, 0.717) is 0 Å². The highest BCUT2D eigenvalue weighted by Crippen LogP contribution is 2.16. The van der Waals surface area contributed by atoms with Crippen LogP contribution in [0, 0.1) is 3.57 Å². The number of hydrogen-bond donors (Lipinski definition) is 0. The summed E-state index contributed by atoms with van der Waals surface area (Å²) in [5.74, 6) is 0. The van der Waals surface area contributed by atoms with Gasteiger partial charge >= 0.3 is 0 Å². The topological polar surface area (TPSA) is 12.4 Å². The minimum absolute atomic E-state index is 0.730. The molecule has 0 N–H and O–H groups in total. The number of rotatable bonds is 2. The van der Waals surface area contributed by atoms with Gasteiger partial charge in [0, 0.05) is 14.8 Å². The third kappa shape index (κ3) is 3.32. The quantitative estimate of drug-likeness (QED) is 0.555. The van der Waals surface area contributed by atoms with Gasteiger partial charge in [-0.3, -0.25) is 4.99 Å². The number of hydrogen-bond acceptors (Lipinski definition) is 1. The van der Waals surface area contributed by atoms with E-state index in [0.717, 1.165) is 16.3 Å². The zero-order valence-electron chi connectivity index (χ0n) is 8.40. The van der Waals surface area contributed by atoms with Crippen molar-refractivity contribution in [3.8, 4) is 0 Å². The molecule has 0 heterocycles. The Morgan fingerprint density at radius 1 is 1.06 bits per heavy atom. The third-order valence-electron chi connectivity index (χ3n) is 2.04. The molecule has 0 spiro atoms. The summed E-state index contributed by atoms with van der Waals surface area (Å²) in [5, 5.41) is 0.730. The average Bonchev–Trinajstić information content (AvgIpc) is 2.28. The largest absolute Gasteiger partial charge is 0.256 e. The Labute approximate surface area is 113 Å². The summed E-state index contributed by atoms with van der Waals surface area (Å²) in [5.41, 5.74) is 2.00. The molecular formula is C13H9ClIN. The lowest BCUT2D eigenvalue weighted by Gasteiger charge is -1.95. The summed E-state index contributed by atoms with van der Waals surface area (Å²) in [6.45, 7) is 0. The maximum Gasteiger partial charge on any atom is 0.0630 e. The fraction of sp³-hybridized carbons (Fsp3) is 0. The predicted molar refractivity (Wildman–Crippen MR) is 77.9 cm³/mol. The normalized spacial score (nSPS) is 10.9. The molecule has 1 nitrogen and oxygen atoms in total. The molecule has 0 aromatic heterocycles. The Morgan fingerprint density at radius 2 is 1.81 bits per heavy atom. The highest BCUT2D eigenvalue weighted by atomic mass is 127. The van der Waals surface area contributed by atoms with E-state index >= 15 is 0 Å². The average molecular weight is 342 g/mol. The molecule has 80 valence electrons. The van der Waals surface area contributed by atoms with Gasteiger partial charge in [-0.15, -0.1) is 0 Å². The molecule has 0 aliphatic heterocycles. The molecule has 0 saturated carbocycles. The maximum absolute atomic E-state index is 5.80. The van der Waals surface area contributed by atoms with Gasteiger partial charge in [-0.2, -0.15) is 0 Å². The second-order valence-electron chi connectivity index (χ2n) is 3.29. The van der Waals surface area contributed by atoms with E-state index in [1.165, 1.54) is 3.57 Å². The Bertz CT molecular complexity index is 506. The van der Waals surface area contributed by atoms with Crippen molar-refractivity contribution in [2.24, 2.45) is 4.99 Å². The van der Waals surface area contributed by atoms with Crippen LogP contribution in [0.5, 0.6) is 0 Å². The van der Waals surface area contributed by atoms with Crippen molar-refractivity contribution in [3.05, 3.63) is 62.7 Å². The molecule has 0 amide bonds. The van der Waals surface area contributed by atoms with Crippen LogP contribution in [-0.2, 0) is 0 Å². The number of benzene rings is 2. The lowest BCUT2D eigenvalue weighted by Crippen LogP contribution is -1.80. The SMILES string of the molecule is Clc1ccc(/N=C\c2cccc(I)c2)cc1. The molecular weight excluding hydrogens is 333 g/mol. The molecule has 2 aromatic carbocycles. The van der Waals surface area contributed by atoms with Crippen molar-refractivity contribution < 1.29 is 0 Å². The van der Waals surface area contributed by atoms with Crippen LogP contribution < -0.4 is 0 Å². The van der Waals surface area contributed by atoms with Crippen LogP contribution in [0.1, 0.15) is 5.56 Å². The monoisotopic (exact) mass is 341 g/mol. The van der Waals surface area contributed by atoms with Crippen LogP contribution in [0.2, 0.25) is 5.02 Å². The summed E-state index contributed by atoms with van der Waals surface area (Å²) in [4.78, 5) is 4.37.